The topological polar surface area (TPSA) is 117 Å². The molecule has 1 N–H and O–H groups in total. The summed E-state index contributed by atoms with van der Waals surface area (Å²) in [5, 5.41) is 18.8. The Morgan fingerprint density at radius 2 is 1.70 bits per heavy atom. The van der Waals surface area contributed by atoms with Crippen molar-refractivity contribution in [1.29, 1.82) is 5.26 Å². The third-order valence-electron chi connectivity index (χ3n) is 9.93. The van der Waals surface area contributed by atoms with E-state index >= 15 is 0 Å². The monoisotopic (exact) mass is 595 g/mol. The molecular weight excluding hydrogens is 554 g/mol. The fourth-order valence-electron chi connectivity index (χ4n) is 7.18. The molecule has 3 fully saturated rings. The van der Waals surface area contributed by atoms with Gasteiger partial charge in [-0.15, -0.1) is 0 Å². The van der Waals surface area contributed by atoms with Crippen molar-refractivity contribution in [2.45, 2.75) is 82.5 Å². The molecule has 0 saturated heterocycles. The van der Waals surface area contributed by atoms with Gasteiger partial charge >= 0.3 is 5.97 Å². The fraction of sp³-hybridized carbons (Fsp3) is 0.500. The highest BCUT2D eigenvalue weighted by Gasteiger charge is 2.34. The number of carboxylic acid groups (broad SMARTS) is 1. The molecule has 8 nitrogen and oxygen atoms in total. The molecular formula is C36H41N3O5. The summed E-state index contributed by atoms with van der Waals surface area (Å²) in [7, 11) is 1.59. The van der Waals surface area contributed by atoms with Gasteiger partial charge in [-0.2, -0.15) is 5.26 Å². The Hall–Kier alpha value is -4.12. The molecule has 3 aromatic rings. The molecule has 0 bridgehead atoms. The Kier molecular flexibility index (Phi) is 9.02. The number of nitrogens with zero attached hydrogens (tertiary/aromatic N) is 3. The zero-order valence-electron chi connectivity index (χ0n) is 25.4. The summed E-state index contributed by atoms with van der Waals surface area (Å²) in [6.07, 6.45) is 11.2. The number of oxazole rings is 1. The van der Waals surface area contributed by atoms with Crippen molar-refractivity contribution in [3.63, 3.8) is 0 Å². The molecule has 1 heterocycles. The maximum absolute atomic E-state index is 14.2. The minimum Gasteiger partial charge on any atom is -0.495 e. The van der Waals surface area contributed by atoms with Crippen molar-refractivity contribution in [2.24, 2.45) is 17.8 Å². The van der Waals surface area contributed by atoms with Gasteiger partial charge in [0.1, 0.15) is 23.8 Å². The van der Waals surface area contributed by atoms with Gasteiger partial charge in [0.15, 0.2) is 5.89 Å². The highest BCUT2D eigenvalue weighted by atomic mass is 16.5. The van der Waals surface area contributed by atoms with Gasteiger partial charge in [-0.1, -0.05) is 18.2 Å². The average Bonchev–Trinajstić information content (AvgIpc) is 3.79. The van der Waals surface area contributed by atoms with E-state index in [9.17, 15) is 20.0 Å². The largest absolute Gasteiger partial charge is 0.495 e. The van der Waals surface area contributed by atoms with Crippen LogP contribution in [-0.2, 0) is 9.59 Å². The second kappa shape index (κ2) is 13.3. The van der Waals surface area contributed by atoms with E-state index in [0.29, 0.717) is 35.6 Å². The summed E-state index contributed by atoms with van der Waals surface area (Å²) >= 11 is 0. The highest BCUT2D eigenvalue weighted by molar-refractivity contribution is 5.95. The second-order valence-electron chi connectivity index (χ2n) is 12.9. The van der Waals surface area contributed by atoms with E-state index < -0.39 is 5.97 Å². The zero-order chi connectivity index (χ0) is 30.6. The lowest BCUT2D eigenvalue weighted by Gasteiger charge is -2.36. The number of carboxylic acids is 1. The first-order chi connectivity index (χ1) is 21.4. The van der Waals surface area contributed by atoms with Gasteiger partial charge in [0.25, 0.3) is 0 Å². The number of benzene rings is 2. The van der Waals surface area contributed by atoms with Gasteiger partial charge in [-0.3, -0.25) is 9.59 Å². The molecule has 1 aromatic heterocycles. The molecule has 3 aliphatic rings. The van der Waals surface area contributed by atoms with E-state index in [4.69, 9.17) is 14.1 Å². The van der Waals surface area contributed by atoms with Crippen LogP contribution in [0.4, 0.5) is 5.69 Å². The lowest BCUT2D eigenvalue weighted by Crippen LogP contribution is -2.41. The third-order valence-corrected chi connectivity index (χ3v) is 9.93. The van der Waals surface area contributed by atoms with E-state index in [1.807, 2.05) is 35.2 Å². The van der Waals surface area contributed by atoms with Gasteiger partial charge < -0.3 is 19.2 Å². The Balaban J connectivity index is 1.18. The summed E-state index contributed by atoms with van der Waals surface area (Å²) in [6, 6.07) is 16.3. The van der Waals surface area contributed by atoms with Crippen LogP contribution >= 0.6 is 0 Å². The van der Waals surface area contributed by atoms with Crippen LogP contribution in [-0.4, -0.2) is 35.6 Å². The van der Waals surface area contributed by atoms with E-state index in [1.54, 1.807) is 13.4 Å². The predicted molar refractivity (Wildman–Crippen MR) is 166 cm³/mol. The van der Waals surface area contributed by atoms with Gasteiger partial charge in [0, 0.05) is 36.1 Å². The maximum Gasteiger partial charge on any atom is 0.303 e. The molecule has 3 aliphatic carbocycles. The van der Waals surface area contributed by atoms with Crippen LogP contribution < -0.4 is 9.64 Å². The van der Waals surface area contributed by atoms with Gasteiger partial charge in [0.05, 0.1) is 12.7 Å². The molecule has 44 heavy (non-hydrogen) atoms. The molecule has 0 aliphatic heterocycles. The summed E-state index contributed by atoms with van der Waals surface area (Å²) in [5.41, 5.74) is 4.37. The van der Waals surface area contributed by atoms with Crippen molar-refractivity contribution in [2.75, 3.05) is 18.6 Å². The SMILES string of the molecule is COc1ccc(C2CCC(CN(C(=O)C3CCC(CC(=O)O)CC3)c3cccc(-c4coc(C5CC5)n4)c3)CC2)cc1C#N. The summed E-state index contributed by atoms with van der Waals surface area (Å²) in [5.74, 6) is 2.02. The Labute approximate surface area is 259 Å². The summed E-state index contributed by atoms with van der Waals surface area (Å²) < 4.78 is 11.1. The van der Waals surface area contributed by atoms with Crippen molar-refractivity contribution in [3.8, 4) is 23.1 Å². The molecule has 2 aromatic carbocycles. The molecule has 0 radical (unpaired) electrons. The Bertz CT molecular complexity index is 1520. The number of nitriles is 1. The van der Waals surface area contributed by atoms with Gasteiger partial charge in [-0.25, -0.2) is 4.98 Å². The van der Waals surface area contributed by atoms with Crippen LogP contribution in [0.3, 0.4) is 0 Å². The first-order valence-electron chi connectivity index (χ1n) is 16.1. The molecule has 1 amide bonds. The minimum absolute atomic E-state index is 0.0998. The zero-order valence-corrected chi connectivity index (χ0v) is 25.4. The van der Waals surface area contributed by atoms with Crippen LogP contribution in [0, 0.1) is 29.1 Å². The van der Waals surface area contributed by atoms with Gasteiger partial charge in [-0.05, 0) is 112 Å². The second-order valence-corrected chi connectivity index (χ2v) is 12.9. The van der Waals surface area contributed by atoms with E-state index in [-0.39, 0.29) is 24.2 Å². The number of amides is 1. The number of hydrogen-bond donors (Lipinski definition) is 1. The molecule has 3 saturated carbocycles. The minimum atomic E-state index is -0.759. The van der Waals surface area contributed by atoms with Crippen molar-refractivity contribution < 1.29 is 23.8 Å². The summed E-state index contributed by atoms with van der Waals surface area (Å²) in [4.78, 5) is 32.2. The number of rotatable bonds is 10. The van der Waals surface area contributed by atoms with Crippen LogP contribution in [0.5, 0.6) is 5.75 Å². The Morgan fingerprint density at radius 3 is 2.39 bits per heavy atom. The number of hydrogen-bond acceptors (Lipinski definition) is 6. The fourth-order valence-corrected chi connectivity index (χ4v) is 7.18. The lowest BCUT2D eigenvalue weighted by molar-refractivity contribution is -0.138. The number of anilines is 1. The van der Waals surface area contributed by atoms with Crippen LogP contribution in [0.2, 0.25) is 0 Å². The predicted octanol–water partition coefficient (Wildman–Crippen LogP) is 7.69. The van der Waals surface area contributed by atoms with Gasteiger partial charge in [0.2, 0.25) is 5.91 Å². The summed E-state index contributed by atoms with van der Waals surface area (Å²) in [6.45, 7) is 0.655. The number of ether oxygens (including phenoxy) is 1. The van der Waals surface area contributed by atoms with Crippen molar-refractivity contribution >= 4 is 17.6 Å². The normalized spacial score (nSPS) is 23.5. The van der Waals surface area contributed by atoms with Crippen LogP contribution in [0.1, 0.15) is 99.5 Å². The van der Waals surface area contributed by atoms with Crippen LogP contribution in [0.15, 0.2) is 53.1 Å². The number of aromatic nitrogens is 1. The van der Waals surface area contributed by atoms with Crippen molar-refractivity contribution in [3.05, 3.63) is 65.7 Å². The maximum atomic E-state index is 14.2. The number of carbonyl (C=O) groups is 2. The number of carbonyl (C=O) groups excluding carboxylic acids is 1. The Morgan fingerprint density at radius 1 is 0.977 bits per heavy atom. The first kappa shape index (κ1) is 29.9. The first-order valence-corrected chi connectivity index (χ1v) is 16.1. The molecule has 6 rings (SSSR count). The standard InChI is InChI=1S/C36H41N3O5/c1-43-33-16-15-28(18-30(33)20-37)25-9-7-24(8-10-25)21-39(36(42)27-11-5-23(6-12-27)17-34(40)41)31-4-2-3-29(19-31)32-22-44-35(38-32)26-13-14-26/h2-4,15-16,18-19,22-27H,5-14,17,21H2,1H3,(H,40,41). The third kappa shape index (κ3) is 6.83. The quantitative estimate of drug-likeness (QED) is 0.255. The molecule has 8 heteroatoms. The molecule has 0 unspecified atom stereocenters. The molecule has 0 atom stereocenters. The van der Waals surface area contributed by atoms with E-state index in [0.717, 1.165) is 87.0 Å². The van der Waals surface area contributed by atoms with E-state index in [2.05, 4.69) is 18.2 Å². The number of methoxy groups -OCH3 is 1. The smallest absolute Gasteiger partial charge is 0.303 e. The molecule has 0 spiro atoms. The highest BCUT2D eigenvalue weighted by Crippen LogP contribution is 2.41. The average molecular weight is 596 g/mol. The van der Waals surface area contributed by atoms with Crippen molar-refractivity contribution in [1.82, 2.24) is 4.98 Å². The number of aliphatic carboxylic acids is 1. The molecule has 230 valence electrons. The lowest BCUT2D eigenvalue weighted by atomic mass is 9.77. The van der Waals surface area contributed by atoms with Crippen LogP contribution in [0.25, 0.3) is 11.3 Å². The van der Waals surface area contributed by atoms with E-state index in [1.165, 1.54) is 5.56 Å².